The molecule has 0 spiro atoms. The van der Waals surface area contributed by atoms with Gasteiger partial charge in [-0.3, -0.25) is 9.78 Å². The highest BCUT2D eigenvalue weighted by Gasteiger charge is 2.13. The number of nitrogens with zero attached hydrogens (tertiary/aromatic N) is 2. The topological polar surface area (TPSA) is 54.5 Å². The van der Waals surface area contributed by atoms with Crippen LogP contribution in [0.25, 0.3) is 0 Å². The quantitative estimate of drug-likeness (QED) is 0.661. The first kappa shape index (κ1) is 22.0. The number of hydrogen-bond donors (Lipinski definition) is 1. The van der Waals surface area contributed by atoms with Crippen molar-refractivity contribution in [3.63, 3.8) is 0 Å². The summed E-state index contributed by atoms with van der Waals surface area (Å²) in [5.74, 6) is 0.787. The van der Waals surface area contributed by atoms with Gasteiger partial charge in [-0.25, -0.2) is 0 Å². The molecule has 0 unspecified atom stereocenters. The number of carbonyl (C=O) groups is 1. The second-order valence-corrected chi connectivity index (χ2v) is 8.50. The third kappa shape index (κ3) is 6.17. The summed E-state index contributed by atoms with van der Waals surface area (Å²) >= 11 is 0. The summed E-state index contributed by atoms with van der Waals surface area (Å²) in [6.45, 7) is 3.22. The molecule has 166 valence electrons. The molecule has 2 heterocycles. The minimum Gasteiger partial charge on any atom is -0.493 e. The van der Waals surface area contributed by atoms with Crippen LogP contribution in [0, 0.1) is 0 Å². The summed E-state index contributed by atoms with van der Waals surface area (Å²) in [7, 11) is 2.18. The van der Waals surface area contributed by atoms with E-state index in [2.05, 4.69) is 46.5 Å². The molecule has 2 aromatic carbocycles. The van der Waals surface area contributed by atoms with Crippen molar-refractivity contribution >= 4 is 5.91 Å². The highest BCUT2D eigenvalue weighted by atomic mass is 16.5. The van der Waals surface area contributed by atoms with Crippen molar-refractivity contribution in [3.8, 4) is 5.75 Å². The van der Waals surface area contributed by atoms with Crippen LogP contribution in [-0.4, -0.2) is 36.0 Å². The molecule has 1 aliphatic rings. The smallest absolute Gasteiger partial charge is 0.251 e. The molecule has 0 fully saturated rings. The third-order valence-electron chi connectivity index (χ3n) is 5.81. The minimum atomic E-state index is -0.0839. The van der Waals surface area contributed by atoms with Gasteiger partial charge in [0.2, 0.25) is 0 Å². The Labute approximate surface area is 190 Å². The number of benzene rings is 2. The van der Waals surface area contributed by atoms with Gasteiger partial charge in [-0.1, -0.05) is 24.3 Å². The first-order valence-electron chi connectivity index (χ1n) is 11.4. The maximum atomic E-state index is 12.8. The van der Waals surface area contributed by atoms with Crippen molar-refractivity contribution in [2.45, 2.75) is 38.8 Å². The molecule has 4 rings (SSSR count). The molecular weight excluding hydrogens is 398 g/mol. The molecule has 1 N–H and O–H groups in total. The van der Waals surface area contributed by atoms with E-state index in [0.29, 0.717) is 18.7 Å². The minimum absolute atomic E-state index is 0.0839. The van der Waals surface area contributed by atoms with Crippen LogP contribution in [-0.2, 0) is 19.5 Å². The van der Waals surface area contributed by atoms with E-state index in [1.807, 2.05) is 30.3 Å². The molecule has 3 aromatic rings. The average Bonchev–Trinajstić information content (AvgIpc) is 2.81. The van der Waals surface area contributed by atoms with Gasteiger partial charge in [-0.2, -0.15) is 0 Å². The maximum absolute atomic E-state index is 12.8. The van der Waals surface area contributed by atoms with Gasteiger partial charge >= 0.3 is 0 Å². The number of aromatic nitrogens is 1. The first-order chi connectivity index (χ1) is 15.7. The van der Waals surface area contributed by atoms with Crippen molar-refractivity contribution in [3.05, 3.63) is 94.8 Å². The number of hydrogen-bond acceptors (Lipinski definition) is 4. The molecule has 32 heavy (non-hydrogen) atoms. The van der Waals surface area contributed by atoms with Crippen LogP contribution in [0.5, 0.6) is 5.75 Å². The largest absolute Gasteiger partial charge is 0.493 e. The summed E-state index contributed by atoms with van der Waals surface area (Å²) < 4.78 is 6.14. The lowest BCUT2D eigenvalue weighted by Crippen LogP contribution is -2.23. The fraction of sp³-hybridized carbons (Fsp3) is 0.333. The summed E-state index contributed by atoms with van der Waals surface area (Å²) in [5.41, 5.74) is 5.27. The van der Waals surface area contributed by atoms with E-state index >= 15 is 0 Å². The molecule has 5 heteroatoms. The van der Waals surface area contributed by atoms with Crippen LogP contribution < -0.4 is 10.1 Å². The number of fused-ring (bicyclic) bond motifs is 3. The Hall–Kier alpha value is -3.18. The Morgan fingerprint density at radius 3 is 2.75 bits per heavy atom. The zero-order valence-corrected chi connectivity index (χ0v) is 18.7. The Kier molecular flexibility index (Phi) is 7.51. The summed E-state index contributed by atoms with van der Waals surface area (Å²) in [6.07, 6.45) is 7.55. The number of rotatable bonds is 3. The van der Waals surface area contributed by atoms with Gasteiger partial charge in [0.1, 0.15) is 5.75 Å². The van der Waals surface area contributed by atoms with Crippen molar-refractivity contribution in [2.24, 2.45) is 0 Å². The highest BCUT2D eigenvalue weighted by Crippen LogP contribution is 2.25. The van der Waals surface area contributed by atoms with Crippen LogP contribution in [0.2, 0.25) is 0 Å². The Bertz CT molecular complexity index is 1040. The summed E-state index contributed by atoms with van der Waals surface area (Å²) in [5, 5.41) is 3.00. The normalized spacial score (nSPS) is 15.2. The summed E-state index contributed by atoms with van der Waals surface area (Å²) in [6, 6.07) is 18.3. The predicted octanol–water partition coefficient (Wildman–Crippen LogP) is 4.60. The molecule has 0 atom stereocenters. The molecule has 0 saturated heterocycles. The van der Waals surface area contributed by atoms with Gasteiger partial charge < -0.3 is 15.0 Å². The third-order valence-corrected chi connectivity index (χ3v) is 5.81. The second-order valence-electron chi connectivity index (χ2n) is 8.50. The zero-order valence-electron chi connectivity index (χ0n) is 18.7. The lowest BCUT2D eigenvalue weighted by molar-refractivity contribution is 0.0950. The van der Waals surface area contributed by atoms with Crippen LogP contribution in [0.1, 0.15) is 51.9 Å². The molecule has 5 nitrogen and oxygen atoms in total. The SMILES string of the molecule is CN1CCCCCOc2ccc(C(=O)NCc3ccncc3)cc2Cc2cccc(c2)C1. The number of pyridine rings is 1. The van der Waals surface area contributed by atoms with Crippen molar-refractivity contribution in [2.75, 3.05) is 20.2 Å². The van der Waals surface area contributed by atoms with E-state index in [1.54, 1.807) is 12.4 Å². The first-order valence-corrected chi connectivity index (χ1v) is 11.4. The average molecular weight is 430 g/mol. The van der Waals surface area contributed by atoms with Crippen molar-refractivity contribution in [1.29, 1.82) is 0 Å². The zero-order chi connectivity index (χ0) is 22.2. The van der Waals surface area contributed by atoms with Crippen LogP contribution in [0.4, 0.5) is 0 Å². The lowest BCUT2D eigenvalue weighted by Gasteiger charge is -2.19. The van der Waals surface area contributed by atoms with Gasteiger partial charge in [0.05, 0.1) is 6.61 Å². The molecule has 0 radical (unpaired) electrons. The van der Waals surface area contributed by atoms with Gasteiger partial charge in [0.25, 0.3) is 5.91 Å². The fourth-order valence-electron chi connectivity index (χ4n) is 4.08. The second kappa shape index (κ2) is 10.9. The van der Waals surface area contributed by atoms with Crippen molar-refractivity contribution < 1.29 is 9.53 Å². The Balaban J connectivity index is 1.55. The van der Waals surface area contributed by atoms with Crippen LogP contribution >= 0.6 is 0 Å². The van der Waals surface area contributed by atoms with Crippen LogP contribution in [0.15, 0.2) is 67.0 Å². The van der Waals surface area contributed by atoms with E-state index in [1.165, 1.54) is 17.5 Å². The predicted molar refractivity (Wildman–Crippen MR) is 127 cm³/mol. The monoisotopic (exact) mass is 429 g/mol. The Morgan fingerprint density at radius 1 is 1.03 bits per heavy atom. The molecule has 0 aliphatic carbocycles. The Morgan fingerprint density at radius 2 is 1.88 bits per heavy atom. The van der Waals surface area contributed by atoms with Gasteiger partial charge in [-0.05, 0) is 85.4 Å². The van der Waals surface area contributed by atoms with E-state index in [9.17, 15) is 4.79 Å². The van der Waals surface area contributed by atoms with E-state index in [4.69, 9.17) is 4.74 Å². The standard InChI is InChI=1S/C27H31N3O2/c1-30-14-3-2-4-15-32-26-9-8-24(27(31)29-19-21-10-12-28-13-11-21)18-25(26)17-22-6-5-7-23(16-22)20-30/h5-13,16,18H,2-4,14-15,17,19-20H2,1H3,(H,29,31). The lowest BCUT2D eigenvalue weighted by atomic mass is 9.99. The van der Waals surface area contributed by atoms with E-state index in [0.717, 1.165) is 49.2 Å². The molecule has 1 amide bonds. The molecule has 1 aromatic heterocycles. The van der Waals surface area contributed by atoms with Crippen LogP contribution in [0.3, 0.4) is 0 Å². The van der Waals surface area contributed by atoms with E-state index in [-0.39, 0.29) is 5.91 Å². The summed E-state index contributed by atoms with van der Waals surface area (Å²) in [4.78, 5) is 19.2. The molecular formula is C27H31N3O2. The van der Waals surface area contributed by atoms with Gasteiger partial charge in [0, 0.05) is 37.5 Å². The number of carbonyl (C=O) groups excluding carboxylic acids is 1. The van der Waals surface area contributed by atoms with Gasteiger partial charge in [-0.15, -0.1) is 0 Å². The molecule has 2 bridgehead atoms. The number of amides is 1. The maximum Gasteiger partial charge on any atom is 0.251 e. The molecule has 0 saturated carbocycles. The number of nitrogens with one attached hydrogen (secondary N) is 1. The highest BCUT2D eigenvalue weighted by molar-refractivity contribution is 5.94. The molecule has 1 aliphatic heterocycles. The van der Waals surface area contributed by atoms with E-state index < -0.39 is 0 Å². The van der Waals surface area contributed by atoms with Gasteiger partial charge in [0.15, 0.2) is 0 Å². The fourth-order valence-corrected chi connectivity index (χ4v) is 4.08. The van der Waals surface area contributed by atoms with Crippen molar-refractivity contribution in [1.82, 2.24) is 15.2 Å². The number of ether oxygens (including phenoxy) is 1.